The predicted octanol–water partition coefficient (Wildman–Crippen LogP) is 3.56. The van der Waals surface area contributed by atoms with E-state index in [2.05, 4.69) is 14.7 Å². The summed E-state index contributed by atoms with van der Waals surface area (Å²) < 4.78 is 35.2. The molecule has 2 aromatic carbocycles. The van der Waals surface area contributed by atoms with Gasteiger partial charge in [0.05, 0.1) is 16.6 Å². The summed E-state index contributed by atoms with van der Waals surface area (Å²) in [4.78, 5) is 24.1. The first-order valence-corrected chi connectivity index (χ1v) is 12.8. The van der Waals surface area contributed by atoms with E-state index in [-0.39, 0.29) is 28.9 Å². The summed E-state index contributed by atoms with van der Waals surface area (Å²) in [5, 5.41) is 0. The molecule has 3 heterocycles. The van der Waals surface area contributed by atoms with Gasteiger partial charge in [-0.3, -0.25) is 4.79 Å². The molecule has 1 amide bonds. The Balaban J connectivity index is 1.53. The van der Waals surface area contributed by atoms with E-state index in [1.807, 2.05) is 36.9 Å². The number of nitrogens with zero attached hydrogens (tertiary/aromatic N) is 3. The number of hydrogen-bond donors (Lipinski definition) is 1. The normalized spacial score (nSPS) is 24.5. The highest BCUT2D eigenvalue weighted by atomic mass is 32.2. The van der Waals surface area contributed by atoms with E-state index in [1.165, 1.54) is 12.1 Å². The molecular formula is C25H24N4O4S. The van der Waals surface area contributed by atoms with Gasteiger partial charge in [-0.05, 0) is 61.9 Å². The number of aryl methyl sites for hydroxylation is 2. The lowest BCUT2D eigenvalue weighted by Crippen LogP contribution is -2.47. The molecule has 1 aliphatic carbocycles. The molecule has 3 aliphatic rings. The molecular weight excluding hydrogens is 452 g/mol. The number of aromatic nitrogens is 2. The Morgan fingerprint density at radius 2 is 1.79 bits per heavy atom. The fourth-order valence-corrected chi connectivity index (χ4v) is 6.49. The number of amides is 1. The maximum absolute atomic E-state index is 13.3. The number of nitrogens with one attached hydrogen (secondary N) is 1. The number of fused-ring (bicyclic) bond motifs is 5. The van der Waals surface area contributed by atoms with Crippen LogP contribution in [0.2, 0.25) is 0 Å². The van der Waals surface area contributed by atoms with Crippen molar-refractivity contribution in [2.45, 2.75) is 43.7 Å². The third kappa shape index (κ3) is 3.42. The Morgan fingerprint density at radius 1 is 1.03 bits per heavy atom. The van der Waals surface area contributed by atoms with Gasteiger partial charge in [-0.25, -0.2) is 18.1 Å². The van der Waals surface area contributed by atoms with Crippen molar-refractivity contribution in [1.29, 1.82) is 0 Å². The molecule has 1 saturated carbocycles. The molecule has 0 radical (unpaired) electrons. The minimum absolute atomic E-state index is 0.0120. The molecule has 174 valence electrons. The average molecular weight is 477 g/mol. The first-order valence-electron chi connectivity index (χ1n) is 11.3. The van der Waals surface area contributed by atoms with Gasteiger partial charge in [-0.15, -0.1) is 0 Å². The fraction of sp³-hybridized carbons (Fsp3) is 0.320. The summed E-state index contributed by atoms with van der Waals surface area (Å²) in [6.45, 7) is 4.63. The molecule has 2 aliphatic heterocycles. The van der Waals surface area contributed by atoms with Gasteiger partial charge in [-0.2, -0.15) is 4.98 Å². The fourth-order valence-electron chi connectivity index (χ4n) is 5.50. The largest absolute Gasteiger partial charge is 0.472 e. The number of sulfonamides is 1. The Hall–Kier alpha value is -3.46. The van der Waals surface area contributed by atoms with Crippen molar-refractivity contribution in [2.24, 2.45) is 5.92 Å². The first-order chi connectivity index (χ1) is 16.3. The first kappa shape index (κ1) is 21.1. The van der Waals surface area contributed by atoms with Gasteiger partial charge < -0.3 is 9.64 Å². The summed E-state index contributed by atoms with van der Waals surface area (Å²) in [6, 6.07) is 13.7. The Bertz CT molecular complexity index is 1420. The van der Waals surface area contributed by atoms with Crippen molar-refractivity contribution < 1.29 is 17.9 Å². The molecule has 6 rings (SSSR count). The van der Waals surface area contributed by atoms with Crippen LogP contribution in [0, 0.1) is 19.8 Å². The summed E-state index contributed by atoms with van der Waals surface area (Å²) in [6.07, 6.45) is 1.49. The standard InChI is InChI=1S/C25H24N4O4S/c1-14-5-3-6-15(2)23(14)19-12-22-27-25(26-19)28-34(31,32)18-8-4-7-17(11-18)24(30)29-13-16-9-20(29)21(10-16)33-22/h3-8,11-12,16,20-21H,9-10,13H2,1-2H3,(H,26,27,28). The van der Waals surface area contributed by atoms with Gasteiger partial charge in [0.15, 0.2) is 0 Å². The second kappa shape index (κ2) is 7.53. The van der Waals surface area contributed by atoms with Crippen molar-refractivity contribution in [3.05, 3.63) is 65.2 Å². The second-order valence-corrected chi connectivity index (χ2v) is 11.0. The summed E-state index contributed by atoms with van der Waals surface area (Å²) in [5.74, 6) is 0.409. The highest BCUT2D eigenvalue weighted by Gasteiger charge is 2.48. The maximum Gasteiger partial charge on any atom is 0.264 e. The van der Waals surface area contributed by atoms with Gasteiger partial charge in [0.2, 0.25) is 11.8 Å². The zero-order valence-corrected chi connectivity index (χ0v) is 19.7. The number of rotatable bonds is 1. The number of hydrogen-bond acceptors (Lipinski definition) is 6. The van der Waals surface area contributed by atoms with E-state index < -0.39 is 10.0 Å². The third-order valence-electron chi connectivity index (χ3n) is 7.01. The molecule has 3 atom stereocenters. The molecule has 2 fully saturated rings. The van der Waals surface area contributed by atoms with Crippen LogP contribution >= 0.6 is 0 Å². The molecule has 3 unspecified atom stereocenters. The van der Waals surface area contributed by atoms with Gasteiger partial charge in [-0.1, -0.05) is 24.3 Å². The molecule has 9 heteroatoms. The molecule has 6 bridgehead atoms. The number of benzene rings is 2. The summed E-state index contributed by atoms with van der Waals surface area (Å²) >= 11 is 0. The van der Waals surface area contributed by atoms with Crippen LogP contribution in [0.4, 0.5) is 5.95 Å². The van der Waals surface area contributed by atoms with Crippen molar-refractivity contribution in [3.8, 4) is 17.1 Å². The average Bonchev–Trinajstić information content (AvgIpc) is 3.38. The van der Waals surface area contributed by atoms with Crippen LogP contribution in [0.15, 0.2) is 53.4 Å². The SMILES string of the molecule is Cc1cccc(C)c1-c1cc2nc(n1)NS(=O)(=O)c1cccc(c1)C(=O)N1CC3CC(O2)C1C3. The van der Waals surface area contributed by atoms with E-state index in [1.54, 1.807) is 18.2 Å². The van der Waals surface area contributed by atoms with E-state index >= 15 is 0 Å². The molecule has 1 saturated heterocycles. The molecule has 34 heavy (non-hydrogen) atoms. The van der Waals surface area contributed by atoms with E-state index in [0.717, 1.165) is 29.5 Å². The van der Waals surface area contributed by atoms with Crippen LogP contribution in [0.3, 0.4) is 0 Å². The van der Waals surface area contributed by atoms with Crippen molar-refractivity contribution >= 4 is 21.9 Å². The third-order valence-corrected chi connectivity index (χ3v) is 8.34. The van der Waals surface area contributed by atoms with Gasteiger partial charge in [0.25, 0.3) is 15.9 Å². The van der Waals surface area contributed by atoms with Crippen LogP contribution in [-0.4, -0.2) is 47.9 Å². The smallest absolute Gasteiger partial charge is 0.264 e. The van der Waals surface area contributed by atoms with Crippen LogP contribution in [0.1, 0.15) is 34.3 Å². The zero-order valence-electron chi connectivity index (χ0n) is 18.9. The van der Waals surface area contributed by atoms with Crippen molar-refractivity contribution in [2.75, 3.05) is 11.3 Å². The minimum Gasteiger partial charge on any atom is -0.472 e. The van der Waals surface area contributed by atoms with E-state index in [0.29, 0.717) is 29.6 Å². The maximum atomic E-state index is 13.3. The predicted molar refractivity (Wildman–Crippen MR) is 126 cm³/mol. The molecule has 8 nitrogen and oxygen atoms in total. The van der Waals surface area contributed by atoms with Crippen molar-refractivity contribution in [3.63, 3.8) is 0 Å². The quantitative estimate of drug-likeness (QED) is 0.576. The number of ether oxygens (including phenoxy) is 1. The summed E-state index contributed by atoms with van der Waals surface area (Å²) in [5.41, 5.74) is 3.86. The minimum atomic E-state index is -4.03. The van der Waals surface area contributed by atoms with E-state index in [9.17, 15) is 13.2 Å². The van der Waals surface area contributed by atoms with Crippen LogP contribution in [0.25, 0.3) is 11.3 Å². The summed E-state index contributed by atoms with van der Waals surface area (Å²) in [7, 11) is -4.03. The van der Waals surface area contributed by atoms with Crippen LogP contribution in [-0.2, 0) is 10.0 Å². The molecule has 1 N–H and O–H groups in total. The lowest BCUT2D eigenvalue weighted by atomic mass is 10.00. The number of anilines is 1. The highest BCUT2D eigenvalue weighted by molar-refractivity contribution is 7.92. The topological polar surface area (TPSA) is 101 Å². The second-order valence-electron chi connectivity index (χ2n) is 9.33. The van der Waals surface area contributed by atoms with Gasteiger partial charge in [0, 0.05) is 23.7 Å². The van der Waals surface area contributed by atoms with E-state index in [4.69, 9.17) is 4.74 Å². The Labute approximate surface area is 198 Å². The monoisotopic (exact) mass is 476 g/mol. The van der Waals surface area contributed by atoms with Gasteiger partial charge in [0.1, 0.15) is 6.10 Å². The molecule has 0 spiro atoms. The van der Waals surface area contributed by atoms with Crippen LogP contribution in [0.5, 0.6) is 5.88 Å². The number of piperidine rings is 1. The van der Waals surface area contributed by atoms with Gasteiger partial charge >= 0.3 is 0 Å². The molecule has 3 aromatic rings. The van der Waals surface area contributed by atoms with Crippen molar-refractivity contribution in [1.82, 2.24) is 14.9 Å². The Morgan fingerprint density at radius 3 is 2.56 bits per heavy atom. The lowest BCUT2D eigenvalue weighted by Gasteiger charge is -2.33. The lowest BCUT2D eigenvalue weighted by molar-refractivity contribution is 0.0466. The Kier molecular flexibility index (Phi) is 4.67. The van der Waals surface area contributed by atoms with Crippen LogP contribution < -0.4 is 9.46 Å². The highest BCUT2D eigenvalue weighted by Crippen LogP contribution is 2.41. The number of carbonyl (C=O) groups is 1. The zero-order chi connectivity index (χ0) is 23.6. The molecule has 1 aromatic heterocycles. The number of carbonyl (C=O) groups excluding carboxylic acids is 1.